The van der Waals surface area contributed by atoms with Gasteiger partial charge in [-0.3, -0.25) is 4.79 Å². The van der Waals surface area contributed by atoms with Crippen LogP contribution < -0.4 is 0 Å². The summed E-state index contributed by atoms with van der Waals surface area (Å²) in [6, 6.07) is 9.26. The first-order chi connectivity index (χ1) is 9.51. The van der Waals surface area contributed by atoms with Crippen LogP contribution >= 0.6 is 0 Å². The lowest BCUT2D eigenvalue weighted by Crippen LogP contribution is -2.26. The van der Waals surface area contributed by atoms with Crippen molar-refractivity contribution in [1.82, 2.24) is 9.88 Å². The molecule has 5 nitrogen and oxygen atoms in total. The molecule has 2 rings (SSSR count). The van der Waals surface area contributed by atoms with Crippen LogP contribution in [-0.2, 0) is 6.54 Å². The standard InChI is InChI=1S/C15H15N3O2/c1-10-14(20-11(2)17-10)15(19)18(3)9-13-6-4-5-12(7-13)8-16/h4-7H,9H2,1-3H3. The summed E-state index contributed by atoms with van der Waals surface area (Å²) in [7, 11) is 1.69. The minimum absolute atomic E-state index is 0.217. The molecule has 0 saturated carbocycles. The van der Waals surface area contributed by atoms with Gasteiger partial charge in [-0.2, -0.15) is 5.26 Å². The van der Waals surface area contributed by atoms with E-state index in [0.717, 1.165) is 5.56 Å². The Kier molecular flexibility index (Phi) is 3.85. The van der Waals surface area contributed by atoms with Gasteiger partial charge in [-0.05, 0) is 24.6 Å². The highest BCUT2D eigenvalue weighted by molar-refractivity contribution is 5.92. The van der Waals surface area contributed by atoms with Crippen molar-refractivity contribution in [2.75, 3.05) is 7.05 Å². The summed E-state index contributed by atoms with van der Waals surface area (Å²) in [4.78, 5) is 17.9. The van der Waals surface area contributed by atoms with Gasteiger partial charge in [-0.1, -0.05) is 12.1 Å². The number of aromatic nitrogens is 1. The Bertz CT molecular complexity index is 683. The van der Waals surface area contributed by atoms with Crippen LogP contribution in [0.1, 0.15) is 33.3 Å². The van der Waals surface area contributed by atoms with Crippen LogP contribution in [0.3, 0.4) is 0 Å². The summed E-state index contributed by atoms with van der Waals surface area (Å²) in [6.45, 7) is 3.86. The zero-order valence-corrected chi connectivity index (χ0v) is 11.7. The van der Waals surface area contributed by atoms with E-state index in [4.69, 9.17) is 9.68 Å². The van der Waals surface area contributed by atoms with Gasteiger partial charge in [-0.25, -0.2) is 4.98 Å². The maximum Gasteiger partial charge on any atom is 0.291 e. The van der Waals surface area contributed by atoms with E-state index in [9.17, 15) is 4.79 Å². The van der Waals surface area contributed by atoms with Crippen molar-refractivity contribution >= 4 is 5.91 Å². The molecule has 5 heteroatoms. The molecule has 1 amide bonds. The minimum atomic E-state index is -0.217. The van der Waals surface area contributed by atoms with E-state index in [1.807, 2.05) is 6.07 Å². The third-order valence-corrected chi connectivity index (χ3v) is 2.92. The Morgan fingerprint density at radius 2 is 2.20 bits per heavy atom. The van der Waals surface area contributed by atoms with E-state index in [0.29, 0.717) is 23.7 Å². The van der Waals surface area contributed by atoms with Gasteiger partial charge in [0.25, 0.3) is 5.91 Å². The van der Waals surface area contributed by atoms with Crippen LogP contribution in [0.25, 0.3) is 0 Å². The minimum Gasteiger partial charge on any atom is -0.436 e. The number of hydrogen-bond acceptors (Lipinski definition) is 4. The number of oxazole rings is 1. The Balaban J connectivity index is 2.15. The molecule has 0 aliphatic rings. The van der Waals surface area contributed by atoms with E-state index in [2.05, 4.69) is 11.1 Å². The van der Waals surface area contributed by atoms with Crippen molar-refractivity contribution in [2.45, 2.75) is 20.4 Å². The highest BCUT2D eigenvalue weighted by Crippen LogP contribution is 2.14. The number of carbonyl (C=O) groups excluding carboxylic acids is 1. The molecular weight excluding hydrogens is 254 g/mol. The molecule has 0 atom stereocenters. The molecule has 0 saturated heterocycles. The normalized spacial score (nSPS) is 10.1. The second-order valence-electron chi connectivity index (χ2n) is 4.62. The first-order valence-electron chi connectivity index (χ1n) is 6.20. The molecule has 0 N–H and O–H groups in total. The van der Waals surface area contributed by atoms with Crippen LogP contribution in [0.4, 0.5) is 0 Å². The van der Waals surface area contributed by atoms with Gasteiger partial charge in [0.1, 0.15) is 0 Å². The number of nitriles is 1. The zero-order valence-electron chi connectivity index (χ0n) is 11.7. The smallest absolute Gasteiger partial charge is 0.291 e. The van der Waals surface area contributed by atoms with Gasteiger partial charge in [0.15, 0.2) is 5.89 Å². The Morgan fingerprint density at radius 1 is 1.45 bits per heavy atom. The maximum atomic E-state index is 12.3. The summed E-state index contributed by atoms with van der Waals surface area (Å²) < 4.78 is 5.33. The van der Waals surface area contributed by atoms with Gasteiger partial charge < -0.3 is 9.32 Å². The summed E-state index contributed by atoms with van der Waals surface area (Å²) in [5.41, 5.74) is 2.06. The summed E-state index contributed by atoms with van der Waals surface area (Å²) in [6.07, 6.45) is 0. The predicted octanol–water partition coefficient (Wildman–Crippen LogP) is 2.44. The molecule has 1 heterocycles. The van der Waals surface area contributed by atoms with Crippen LogP contribution in [0.2, 0.25) is 0 Å². The largest absolute Gasteiger partial charge is 0.436 e. The monoisotopic (exact) mass is 269 g/mol. The number of benzene rings is 1. The van der Waals surface area contributed by atoms with Gasteiger partial charge in [0.05, 0.1) is 17.3 Å². The second kappa shape index (κ2) is 5.57. The van der Waals surface area contributed by atoms with Crippen molar-refractivity contribution in [1.29, 1.82) is 5.26 Å². The second-order valence-corrected chi connectivity index (χ2v) is 4.62. The molecule has 0 aliphatic heterocycles. The van der Waals surface area contributed by atoms with Crippen LogP contribution in [0.5, 0.6) is 0 Å². The molecule has 0 aliphatic carbocycles. The van der Waals surface area contributed by atoms with Gasteiger partial charge in [0.2, 0.25) is 5.76 Å². The topological polar surface area (TPSA) is 70.1 Å². The van der Waals surface area contributed by atoms with Crippen LogP contribution in [0.15, 0.2) is 28.7 Å². The highest BCUT2D eigenvalue weighted by atomic mass is 16.4. The van der Waals surface area contributed by atoms with E-state index < -0.39 is 0 Å². The van der Waals surface area contributed by atoms with Crippen molar-refractivity contribution in [3.63, 3.8) is 0 Å². The molecule has 2 aromatic rings. The van der Waals surface area contributed by atoms with Crippen LogP contribution in [0, 0.1) is 25.2 Å². The number of nitrogens with zero attached hydrogens (tertiary/aromatic N) is 3. The van der Waals surface area contributed by atoms with Gasteiger partial charge in [-0.15, -0.1) is 0 Å². The molecule has 0 radical (unpaired) electrons. The maximum absolute atomic E-state index is 12.3. The highest BCUT2D eigenvalue weighted by Gasteiger charge is 2.20. The lowest BCUT2D eigenvalue weighted by molar-refractivity contribution is 0.0751. The quantitative estimate of drug-likeness (QED) is 0.858. The Hall–Kier alpha value is -2.61. The average Bonchev–Trinajstić information content (AvgIpc) is 2.77. The lowest BCUT2D eigenvalue weighted by Gasteiger charge is -2.16. The molecule has 102 valence electrons. The summed E-state index contributed by atoms with van der Waals surface area (Å²) in [5, 5.41) is 8.87. The molecule has 0 spiro atoms. The molecule has 0 unspecified atom stereocenters. The van der Waals surface area contributed by atoms with Gasteiger partial charge >= 0.3 is 0 Å². The number of amides is 1. The fraction of sp³-hybridized carbons (Fsp3) is 0.267. The Labute approximate surface area is 117 Å². The molecule has 20 heavy (non-hydrogen) atoms. The number of hydrogen-bond donors (Lipinski definition) is 0. The van der Waals surface area contributed by atoms with Crippen molar-refractivity contribution in [3.05, 3.63) is 52.7 Å². The number of carbonyl (C=O) groups is 1. The van der Waals surface area contributed by atoms with E-state index in [1.54, 1.807) is 44.0 Å². The average molecular weight is 269 g/mol. The SMILES string of the molecule is Cc1nc(C)c(C(=O)N(C)Cc2cccc(C#N)c2)o1. The van der Waals surface area contributed by atoms with E-state index >= 15 is 0 Å². The molecule has 0 bridgehead atoms. The Morgan fingerprint density at radius 3 is 2.80 bits per heavy atom. The number of rotatable bonds is 3. The van der Waals surface area contributed by atoms with Crippen molar-refractivity contribution < 1.29 is 9.21 Å². The lowest BCUT2D eigenvalue weighted by atomic mass is 10.1. The predicted molar refractivity (Wildman–Crippen MR) is 72.9 cm³/mol. The van der Waals surface area contributed by atoms with E-state index in [1.165, 1.54) is 0 Å². The van der Waals surface area contributed by atoms with Crippen molar-refractivity contribution in [3.8, 4) is 6.07 Å². The summed E-state index contributed by atoms with van der Waals surface area (Å²) in [5.74, 6) is 0.526. The fourth-order valence-electron chi connectivity index (χ4n) is 1.99. The third-order valence-electron chi connectivity index (χ3n) is 2.92. The third kappa shape index (κ3) is 2.86. The number of aryl methyl sites for hydroxylation is 2. The van der Waals surface area contributed by atoms with Crippen molar-refractivity contribution in [2.24, 2.45) is 0 Å². The summed E-state index contributed by atoms with van der Waals surface area (Å²) >= 11 is 0. The van der Waals surface area contributed by atoms with Gasteiger partial charge in [0, 0.05) is 20.5 Å². The van der Waals surface area contributed by atoms with Crippen LogP contribution in [-0.4, -0.2) is 22.8 Å². The molecular formula is C15H15N3O2. The first-order valence-corrected chi connectivity index (χ1v) is 6.20. The fourth-order valence-corrected chi connectivity index (χ4v) is 1.99. The van der Waals surface area contributed by atoms with E-state index in [-0.39, 0.29) is 11.7 Å². The first kappa shape index (κ1) is 13.8. The molecule has 1 aromatic heterocycles. The molecule has 0 fully saturated rings. The zero-order chi connectivity index (χ0) is 14.7. The molecule has 1 aromatic carbocycles.